The van der Waals surface area contributed by atoms with E-state index in [0.717, 1.165) is 23.5 Å². The van der Waals surface area contributed by atoms with Gasteiger partial charge in [-0.25, -0.2) is 0 Å². The smallest absolute Gasteiger partial charge is 0.309 e. The van der Waals surface area contributed by atoms with Crippen molar-refractivity contribution in [3.63, 3.8) is 0 Å². The van der Waals surface area contributed by atoms with Crippen LogP contribution in [0.25, 0.3) is 0 Å². The second-order valence-electron chi connectivity index (χ2n) is 7.24. The van der Waals surface area contributed by atoms with E-state index < -0.39 is 0 Å². The number of carbonyl (C=O) groups is 2. The van der Waals surface area contributed by atoms with Crippen LogP contribution in [0.2, 0.25) is 0 Å². The molecule has 2 atom stereocenters. The molecule has 0 aliphatic heterocycles. The molecule has 2 heterocycles. The number of hydrogen-bond acceptors (Lipinski definition) is 5. The standard InChI is InChI=1S/C19H27N5O3/c1-6-27-19(26)16-9-14(16)10-24(11-15-8-13(3)22(4)21-15)18(25)17-7-12(2)20-23(17)5/h7-8,14,16H,6,9-11H2,1-5H3/t14-,16-/m0/s1. The first-order valence-corrected chi connectivity index (χ1v) is 9.26. The van der Waals surface area contributed by atoms with Gasteiger partial charge in [0.2, 0.25) is 0 Å². The number of nitrogens with zero attached hydrogens (tertiary/aromatic N) is 5. The van der Waals surface area contributed by atoms with Crippen LogP contribution in [0.5, 0.6) is 0 Å². The highest BCUT2D eigenvalue weighted by Gasteiger charge is 2.45. The van der Waals surface area contributed by atoms with Gasteiger partial charge in [0, 0.05) is 26.3 Å². The first kappa shape index (κ1) is 19.1. The number of hydrogen-bond donors (Lipinski definition) is 0. The van der Waals surface area contributed by atoms with E-state index in [4.69, 9.17) is 4.74 Å². The third-order valence-electron chi connectivity index (χ3n) is 4.99. The van der Waals surface area contributed by atoms with E-state index in [0.29, 0.717) is 25.4 Å². The molecule has 0 bridgehead atoms. The number of ether oxygens (including phenoxy) is 1. The zero-order valence-electron chi connectivity index (χ0n) is 16.6. The maximum absolute atomic E-state index is 13.2. The van der Waals surface area contributed by atoms with E-state index >= 15 is 0 Å². The van der Waals surface area contributed by atoms with Gasteiger partial charge in [-0.2, -0.15) is 10.2 Å². The lowest BCUT2D eigenvalue weighted by Gasteiger charge is -2.22. The zero-order chi connectivity index (χ0) is 19.7. The van der Waals surface area contributed by atoms with Crippen LogP contribution in [-0.2, 0) is 30.2 Å². The van der Waals surface area contributed by atoms with Gasteiger partial charge in [0.25, 0.3) is 5.91 Å². The molecule has 1 aliphatic carbocycles. The van der Waals surface area contributed by atoms with Gasteiger partial charge in [0.15, 0.2) is 0 Å². The summed E-state index contributed by atoms with van der Waals surface area (Å²) >= 11 is 0. The van der Waals surface area contributed by atoms with Crippen molar-refractivity contribution in [1.82, 2.24) is 24.5 Å². The van der Waals surface area contributed by atoms with Crippen LogP contribution < -0.4 is 0 Å². The van der Waals surface area contributed by atoms with E-state index in [9.17, 15) is 9.59 Å². The first-order valence-electron chi connectivity index (χ1n) is 9.26. The summed E-state index contributed by atoms with van der Waals surface area (Å²) in [6.45, 7) is 6.93. The maximum Gasteiger partial charge on any atom is 0.309 e. The Morgan fingerprint density at radius 1 is 1.22 bits per heavy atom. The van der Waals surface area contributed by atoms with Crippen LogP contribution in [0.1, 0.15) is 40.9 Å². The number of amides is 1. The summed E-state index contributed by atoms with van der Waals surface area (Å²) < 4.78 is 8.51. The van der Waals surface area contributed by atoms with Gasteiger partial charge in [-0.15, -0.1) is 0 Å². The van der Waals surface area contributed by atoms with Crippen molar-refractivity contribution in [2.24, 2.45) is 25.9 Å². The van der Waals surface area contributed by atoms with E-state index in [-0.39, 0.29) is 23.7 Å². The lowest BCUT2D eigenvalue weighted by molar-refractivity contribution is -0.145. The topological polar surface area (TPSA) is 82.2 Å². The Hall–Kier alpha value is -2.64. The molecule has 0 saturated heterocycles. The monoisotopic (exact) mass is 373 g/mol. The third kappa shape index (κ3) is 4.20. The largest absolute Gasteiger partial charge is 0.466 e. The molecule has 1 amide bonds. The number of esters is 1. The molecule has 0 radical (unpaired) electrons. The number of aromatic nitrogens is 4. The molecule has 2 aromatic heterocycles. The fraction of sp³-hybridized carbons (Fsp3) is 0.579. The summed E-state index contributed by atoms with van der Waals surface area (Å²) in [5.41, 5.74) is 3.19. The molecule has 1 saturated carbocycles. The maximum atomic E-state index is 13.2. The van der Waals surface area contributed by atoms with Crippen molar-refractivity contribution in [1.29, 1.82) is 0 Å². The van der Waals surface area contributed by atoms with Crippen molar-refractivity contribution >= 4 is 11.9 Å². The Balaban J connectivity index is 1.77. The molecule has 1 fully saturated rings. The van der Waals surface area contributed by atoms with Crippen molar-refractivity contribution in [2.75, 3.05) is 13.2 Å². The van der Waals surface area contributed by atoms with Gasteiger partial charge in [-0.3, -0.25) is 19.0 Å². The molecule has 0 spiro atoms. The highest BCUT2D eigenvalue weighted by atomic mass is 16.5. The average molecular weight is 373 g/mol. The lowest BCUT2D eigenvalue weighted by atomic mass is 10.2. The normalized spacial score (nSPS) is 18.4. The summed E-state index contributed by atoms with van der Waals surface area (Å²) in [6, 6.07) is 3.76. The average Bonchev–Trinajstić information content (AvgIpc) is 3.19. The van der Waals surface area contributed by atoms with E-state index in [1.165, 1.54) is 0 Å². The van der Waals surface area contributed by atoms with Crippen molar-refractivity contribution in [3.8, 4) is 0 Å². The summed E-state index contributed by atoms with van der Waals surface area (Å²) in [6.07, 6.45) is 0.758. The molecule has 0 N–H and O–H groups in total. The molecule has 8 heteroatoms. The number of rotatable bonds is 7. The predicted octanol–water partition coefficient (Wildman–Crippen LogP) is 1.61. The minimum absolute atomic E-state index is 0.101. The highest BCUT2D eigenvalue weighted by Crippen LogP contribution is 2.40. The van der Waals surface area contributed by atoms with Gasteiger partial charge in [0.1, 0.15) is 5.69 Å². The molecule has 3 rings (SSSR count). The SMILES string of the molecule is CCOC(=O)[C@H]1C[C@H]1CN(Cc1cc(C)n(C)n1)C(=O)c1cc(C)nn1C. The minimum Gasteiger partial charge on any atom is -0.466 e. The van der Waals surface area contributed by atoms with Crippen LogP contribution in [0.3, 0.4) is 0 Å². The van der Waals surface area contributed by atoms with Crippen LogP contribution in [0.15, 0.2) is 12.1 Å². The van der Waals surface area contributed by atoms with Crippen molar-refractivity contribution in [2.45, 2.75) is 33.7 Å². The van der Waals surface area contributed by atoms with E-state index in [1.807, 2.05) is 27.0 Å². The number of aryl methyl sites for hydroxylation is 4. The van der Waals surface area contributed by atoms with Crippen molar-refractivity contribution in [3.05, 3.63) is 34.9 Å². The van der Waals surface area contributed by atoms with Crippen LogP contribution in [0.4, 0.5) is 0 Å². The highest BCUT2D eigenvalue weighted by molar-refractivity contribution is 5.92. The Morgan fingerprint density at radius 3 is 2.52 bits per heavy atom. The van der Waals surface area contributed by atoms with Crippen molar-refractivity contribution < 1.29 is 14.3 Å². The molecule has 8 nitrogen and oxygen atoms in total. The lowest BCUT2D eigenvalue weighted by Crippen LogP contribution is -2.34. The van der Waals surface area contributed by atoms with E-state index in [1.54, 1.807) is 34.3 Å². The van der Waals surface area contributed by atoms with Crippen LogP contribution >= 0.6 is 0 Å². The van der Waals surface area contributed by atoms with Gasteiger partial charge in [0.05, 0.1) is 30.5 Å². The Kier molecular flexibility index (Phi) is 5.34. The minimum atomic E-state index is -0.167. The molecule has 0 unspecified atom stereocenters. The Morgan fingerprint density at radius 2 is 1.96 bits per heavy atom. The second kappa shape index (κ2) is 7.54. The first-order chi connectivity index (χ1) is 12.8. The Labute approximate surface area is 159 Å². The quantitative estimate of drug-likeness (QED) is 0.689. The summed E-state index contributed by atoms with van der Waals surface area (Å²) in [5.74, 6) is -0.248. The molecule has 146 valence electrons. The predicted molar refractivity (Wildman–Crippen MR) is 98.9 cm³/mol. The summed E-state index contributed by atoms with van der Waals surface area (Å²) in [4.78, 5) is 26.9. The van der Waals surface area contributed by atoms with E-state index in [2.05, 4.69) is 10.2 Å². The number of carbonyl (C=O) groups excluding carboxylic acids is 2. The zero-order valence-corrected chi connectivity index (χ0v) is 16.6. The fourth-order valence-electron chi connectivity index (χ4n) is 3.37. The van der Waals surface area contributed by atoms with Crippen LogP contribution in [0, 0.1) is 25.7 Å². The fourth-order valence-corrected chi connectivity index (χ4v) is 3.37. The van der Waals surface area contributed by atoms with Gasteiger partial charge < -0.3 is 9.64 Å². The van der Waals surface area contributed by atoms with Gasteiger partial charge >= 0.3 is 5.97 Å². The summed E-state index contributed by atoms with van der Waals surface area (Å²) in [5, 5.41) is 8.75. The Bertz CT molecular complexity index is 834. The molecule has 0 aromatic carbocycles. The van der Waals surface area contributed by atoms with Gasteiger partial charge in [-0.1, -0.05) is 0 Å². The molecular formula is C19H27N5O3. The molecule has 27 heavy (non-hydrogen) atoms. The molecule has 2 aromatic rings. The van der Waals surface area contributed by atoms with Gasteiger partial charge in [-0.05, 0) is 45.2 Å². The third-order valence-corrected chi connectivity index (χ3v) is 4.99. The summed E-state index contributed by atoms with van der Waals surface area (Å²) in [7, 11) is 3.65. The molecular weight excluding hydrogens is 346 g/mol. The second-order valence-corrected chi connectivity index (χ2v) is 7.24. The van der Waals surface area contributed by atoms with Crippen LogP contribution in [-0.4, -0.2) is 49.5 Å². The molecule has 1 aliphatic rings.